The van der Waals surface area contributed by atoms with Gasteiger partial charge in [-0.3, -0.25) is 0 Å². The molecule has 10 aliphatic rings. The molecular weight excluding hydrogens is 1450 g/mol. The van der Waals surface area contributed by atoms with Crippen LogP contribution in [0.3, 0.4) is 0 Å². The molecule has 10 aliphatic heterocycles. The Morgan fingerprint density at radius 2 is 0.622 bits per heavy atom. The summed E-state index contributed by atoms with van der Waals surface area (Å²) in [7, 11) is 0. The maximum Gasteiger partial charge on any atom is 0.295 e. The van der Waals surface area contributed by atoms with E-state index < -0.39 is 0 Å². The molecule has 12 aromatic carbocycles. The highest BCUT2D eigenvalue weighted by Crippen LogP contribution is 2.48. The van der Waals surface area contributed by atoms with Crippen molar-refractivity contribution in [2.45, 2.75) is 145 Å². The number of nitrogens with zero attached hydrogens (tertiary/aromatic N) is 10. The summed E-state index contributed by atoms with van der Waals surface area (Å²) in [6, 6.07) is 71.1. The SMILES string of the molecule is Cc1cc2c3c(c1)c1cccc4c1c1n3c(c[n+]1C4)CC2.Cc1ccc2c3c1c1cccc4c1c1n3c(c[n+]1C4)CC2.Cc1ccc2c3cccc4c3c3n5c(c[n+]3C4)CCc1c25.Cc1cccc(C)c1-c1cc2c3c(c1)c1cccc4c1n1c(c[n+](c31)C2)CC4.Cc1cccc(C)c1-c1ccc2c3c1c1cccc4c1n1c(c[n+](c31)C2)CC4. The summed E-state index contributed by atoms with van der Waals surface area (Å²) in [4.78, 5) is 0. The number of rotatable bonds is 2. The molecule has 10 heteroatoms. The van der Waals surface area contributed by atoms with Crippen LogP contribution in [0, 0.1) is 48.5 Å². The molecule has 0 amide bonds. The first-order valence-electron chi connectivity index (χ1n) is 43.6. The summed E-state index contributed by atoms with van der Waals surface area (Å²) < 4.78 is 25.0. The third-order valence-corrected chi connectivity index (χ3v) is 30.0. The number of para-hydroxylation sites is 2. The van der Waals surface area contributed by atoms with Crippen LogP contribution in [0.4, 0.5) is 0 Å². The van der Waals surface area contributed by atoms with Gasteiger partial charge in [0, 0.05) is 142 Å². The molecule has 0 spiro atoms. The zero-order chi connectivity index (χ0) is 78.3. The summed E-state index contributed by atoms with van der Waals surface area (Å²) in [5.41, 5.74) is 51.6. The Bertz CT molecular complexity index is 8600. The number of hydrogen-bond donors (Lipinski definition) is 0. The second-order valence-corrected chi connectivity index (χ2v) is 36.6. The molecule has 20 heterocycles. The molecule has 0 radical (unpaired) electrons. The smallest absolute Gasteiger partial charge is 0.225 e. The fourth-order valence-electron chi connectivity index (χ4n) is 25.3. The number of pyridine rings is 5. The molecule has 0 aliphatic carbocycles. The van der Waals surface area contributed by atoms with Crippen molar-refractivity contribution in [1.29, 1.82) is 0 Å². The van der Waals surface area contributed by atoms with Gasteiger partial charge in [-0.15, -0.1) is 0 Å². The summed E-state index contributed by atoms with van der Waals surface area (Å²) in [5, 5.41) is 21.6. The van der Waals surface area contributed by atoms with E-state index in [2.05, 4.69) is 312 Å². The molecule has 568 valence electrons. The minimum absolute atomic E-state index is 0.986. The standard InChI is InChI=1S/2C26H21N2.3C19H15N2/c1-15-5-3-6-16(2)22(15)20-12-10-18-13-27-14-19-11-9-17-7-4-8-21-24(20)23(18)26(27)28(19)25(17)21;1-15-5-3-6-16(2)23(15)18-11-19-13-27-14-20-10-9-17-7-4-8-21-22(12-18)24(19)26(27)28(20)25(17)21;1-11-5-7-16-15-4-2-3-12-9-20-10-13-6-8-14(11)18(16)21(13)19(20)17(12)15;1-11-7-12-5-6-14-10-20-9-13-3-2-4-15-16(8-11)18(12)21(14)19(20)17(13)15;1-11-5-6-12-7-8-14-10-20-9-13-3-2-4-15-16(11)18(12)21(14)19(20)17(13)15/h3-8,10,12,14H,9,11,13H2,1-2H3;3-8,11-12,14H,9-10,13H2,1-2H3;2-5,7,10H,6,8-9H2,1H3;2-4,7-8,10H,5-6,9H2,1H3;2-6,10H,7-9H2,1H3/q5*+1. The van der Waals surface area contributed by atoms with Gasteiger partial charge in [-0.25, -0.2) is 22.8 Å². The Morgan fingerprint density at radius 3 is 1.20 bits per heavy atom. The summed E-state index contributed by atoms with van der Waals surface area (Å²) in [6.07, 6.45) is 23.5. The van der Waals surface area contributed by atoms with E-state index >= 15 is 0 Å². The minimum Gasteiger partial charge on any atom is -0.225 e. The van der Waals surface area contributed by atoms with Crippen LogP contribution >= 0.6 is 0 Å². The number of imidazole rings is 5. The molecule has 119 heavy (non-hydrogen) atoms. The zero-order valence-electron chi connectivity index (χ0n) is 68.4. The van der Waals surface area contributed by atoms with E-state index in [1.165, 1.54) is 296 Å². The number of fused-ring (bicyclic) bond motifs is 5. The predicted octanol–water partition coefficient (Wildman–Crippen LogP) is 20.5. The zero-order valence-corrected chi connectivity index (χ0v) is 68.4. The van der Waals surface area contributed by atoms with Gasteiger partial charge in [-0.2, -0.15) is 22.0 Å². The fraction of sp³-hybridized carbons (Fsp3) is 0.202. The predicted molar refractivity (Wildman–Crippen MR) is 480 cm³/mol. The molecular formula is C109H87N10+5. The first kappa shape index (κ1) is 65.8. The first-order chi connectivity index (χ1) is 58.4. The highest BCUT2D eigenvalue weighted by Gasteiger charge is 2.41. The van der Waals surface area contributed by atoms with Gasteiger partial charge >= 0.3 is 0 Å². The quantitative estimate of drug-likeness (QED) is 0.122. The van der Waals surface area contributed by atoms with E-state index in [1.807, 2.05) is 0 Å². The van der Waals surface area contributed by atoms with Gasteiger partial charge < -0.3 is 0 Å². The number of aryl methyl sites for hydroxylation is 17. The Morgan fingerprint density at radius 1 is 0.227 bits per heavy atom. The van der Waals surface area contributed by atoms with Crippen molar-refractivity contribution in [1.82, 2.24) is 22.0 Å². The Labute approximate surface area is 686 Å². The third kappa shape index (κ3) is 8.49. The first-order valence-corrected chi connectivity index (χ1v) is 43.6. The van der Waals surface area contributed by atoms with Crippen molar-refractivity contribution in [2.24, 2.45) is 0 Å². The average molecular weight is 1540 g/mol. The van der Waals surface area contributed by atoms with E-state index in [-0.39, 0.29) is 0 Å². The lowest BCUT2D eigenvalue weighted by Crippen LogP contribution is -2.28. The molecule has 0 unspecified atom stereocenters. The van der Waals surface area contributed by atoms with Gasteiger partial charge in [-0.05, 0) is 166 Å². The average Bonchev–Trinajstić information content (AvgIpc) is 1.57. The van der Waals surface area contributed by atoms with Crippen LogP contribution in [0.15, 0.2) is 219 Å². The molecule has 0 fully saturated rings. The summed E-state index contributed by atoms with van der Waals surface area (Å²) in [6.45, 7) is 20.7. The molecule has 0 saturated carbocycles. The summed E-state index contributed by atoms with van der Waals surface area (Å²) in [5.74, 6) is 0. The topological polar surface area (TPSA) is 41.4 Å². The fourth-order valence-corrected chi connectivity index (χ4v) is 25.3. The molecule has 22 aromatic rings. The molecule has 0 bridgehead atoms. The van der Waals surface area contributed by atoms with Gasteiger partial charge in [0.25, 0.3) is 28.2 Å². The molecule has 32 rings (SSSR count). The second kappa shape index (κ2) is 23.1. The van der Waals surface area contributed by atoms with Crippen LogP contribution in [0.25, 0.3) is 159 Å². The van der Waals surface area contributed by atoms with Gasteiger partial charge in [0.1, 0.15) is 120 Å². The monoisotopic (exact) mass is 1540 g/mol. The van der Waals surface area contributed by atoms with Crippen molar-refractivity contribution >= 4 is 137 Å². The highest BCUT2D eigenvalue weighted by atomic mass is 15.2. The second-order valence-electron chi connectivity index (χ2n) is 36.6. The molecule has 0 N–H and O–H groups in total. The van der Waals surface area contributed by atoms with Gasteiger partial charge in [0.05, 0.1) is 26.9 Å². The van der Waals surface area contributed by atoms with Gasteiger partial charge in [0.2, 0.25) is 0 Å². The number of hydrogen-bond acceptors (Lipinski definition) is 0. The number of benzene rings is 12. The van der Waals surface area contributed by atoms with Gasteiger partial charge in [0.15, 0.2) is 0 Å². The number of aromatic nitrogens is 10. The normalized spacial score (nSPS) is 14.8. The van der Waals surface area contributed by atoms with E-state index in [9.17, 15) is 0 Å². The van der Waals surface area contributed by atoms with E-state index in [4.69, 9.17) is 0 Å². The van der Waals surface area contributed by atoms with Crippen LogP contribution < -0.4 is 22.8 Å². The molecule has 0 atom stereocenters. The maximum atomic E-state index is 2.56. The Kier molecular flexibility index (Phi) is 12.8. The lowest BCUT2D eigenvalue weighted by molar-refractivity contribution is -0.657. The van der Waals surface area contributed by atoms with Crippen LogP contribution in [-0.4, -0.2) is 22.0 Å². The van der Waals surface area contributed by atoms with E-state index in [1.54, 1.807) is 5.56 Å². The lowest BCUT2D eigenvalue weighted by Gasteiger charge is -2.17. The van der Waals surface area contributed by atoms with Crippen LogP contribution in [0.1, 0.15) is 123 Å². The largest absolute Gasteiger partial charge is 0.295 e. The molecule has 10 aromatic heterocycles. The maximum absolute atomic E-state index is 2.56. The van der Waals surface area contributed by atoms with Crippen molar-refractivity contribution in [3.05, 3.63) is 342 Å². The Hall–Kier alpha value is -13.3. The highest BCUT2D eigenvalue weighted by molar-refractivity contribution is 6.21. The Balaban J connectivity index is 0.0000000777. The van der Waals surface area contributed by atoms with Crippen molar-refractivity contribution in [3.8, 4) is 22.3 Å². The van der Waals surface area contributed by atoms with Crippen molar-refractivity contribution < 1.29 is 22.8 Å². The van der Waals surface area contributed by atoms with Crippen LogP contribution in [0.5, 0.6) is 0 Å². The lowest BCUT2D eigenvalue weighted by atomic mass is 9.88. The van der Waals surface area contributed by atoms with Crippen LogP contribution in [0.2, 0.25) is 0 Å². The third-order valence-electron chi connectivity index (χ3n) is 30.0. The minimum atomic E-state index is 0.986. The summed E-state index contributed by atoms with van der Waals surface area (Å²) >= 11 is 0. The molecule has 0 saturated heterocycles. The van der Waals surface area contributed by atoms with Crippen molar-refractivity contribution in [3.63, 3.8) is 0 Å². The van der Waals surface area contributed by atoms with E-state index in [0.29, 0.717) is 0 Å². The van der Waals surface area contributed by atoms with Gasteiger partial charge in [-0.1, -0.05) is 164 Å². The molecule has 10 nitrogen and oxygen atoms in total. The van der Waals surface area contributed by atoms with Crippen LogP contribution in [-0.2, 0) is 96.9 Å². The van der Waals surface area contributed by atoms with E-state index in [0.717, 1.165) is 77.7 Å². The van der Waals surface area contributed by atoms with Crippen molar-refractivity contribution in [2.75, 3.05) is 0 Å².